The molecule has 0 saturated carbocycles. The first-order chi connectivity index (χ1) is 9.65. The molecular weight excluding hydrogens is 246 g/mol. The van der Waals surface area contributed by atoms with Crippen LogP contribution in [-0.4, -0.2) is 12.6 Å². The highest BCUT2D eigenvalue weighted by Gasteiger charge is 2.05. The van der Waals surface area contributed by atoms with Crippen LogP contribution in [0, 0.1) is 0 Å². The molecule has 0 aliphatic rings. The Bertz CT molecular complexity index is 505. The van der Waals surface area contributed by atoms with Crippen LogP contribution in [0.3, 0.4) is 0 Å². The van der Waals surface area contributed by atoms with Gasteiger partial charge in [0.1, 0.15) is 11.9 Å². The predicted molar refractivity (Wildman–Crippen MR) is 85.6 cm³/mol. The van der Waals surface area contributed by atoms with E-state index in [2.05, 4.69) is 50.4 Å². The van der Waals surface area contributed by atoms with Crippen LogP contribution in [0.4, 0.5) is 5.69 Å². The van der Waals surface area contributed by atoms with Crippen LogP contribution >= 0.6 is 0 Å². The average Bonchev–Trinajstić information content (AvgIpc) is 2.47. The summed E-state index contributed by atoms with van der Waals surface area (Å²) < 4.78 is 5.91. The van der Waals surface area contributed by atoms with E-state index in [0.29, 0.717) is 5.92 Å². The lowest BCUT2D eigenvalue weighted by Gasteiger charge is -2.16. The Morgan fingerprint density at radius 1 is 0.900 bits per heavy atom. The summed E-state index contributed by atoms with van der Waals surface area (Å²) in [5.41, 5.74) is 2.46. The molecule has 1 unspecified atom stereocenters. The second-order valence-corrected chi connectivity index (χ2v) is 5.40. The quantitative estimate of drug-likeness (QED) is 0.821. The van der Waals surface area contributed by atoms with Crippen LogP contribution in [-0.2, 0) is 0 Å². The third-order valence-corrected chi connectivity index (χ3v) is 3.25. The van der Waals surface area contributed by atoms with Crippen molar-refractivity contribution >= 4 is 5.69 Å². The second-order valence-electron chi connectivity index (χ2n) is 5.40. The first kappa shape index (κ1) is 14.4. The monoisotopic (exact) mass is 269 g/mol. The van der Waals surface area contributed by atoms with Crippen LogP contribution in [0.2, 0.25) is 0 Å². The van der Waals surface area contributed by atoms with Crippen molar-refractivity contribution in [2.24, 2.45) is 0 Å². The van der Waals surface area contributed by atoms with E-state index >= 15 is 0 Å². The summed E-state index contributed by atoms with van der Waals surface area (Å²) in [5.74, 6) is 1.48. The fourth-order valence-corrected chi connectivity index (χ4v) is 2.02. The van der Waals surface area contributed by atoms with Gasteiger partial charge in [-0.2, -0.15) is 0 Å². The minimum absolute atomic E-state index is 0.125. The first-order valence-electron chi connectivity index (χ1n) is 7.20. The fourth-order valence-electron chi connectivity index (χ4n) is 2.02. The van der Waals surface area contributed by atoms with Gasteiger partial charge in [0.15, 0.2) is 0 Å². The molecule has 2 rings (SSSR count). The van der Waals surface area contributed by atoms with Gasteiger partial charge >= 0.3 is 0 Å². The van der Waals surface area contributed by atoms with Gasteiger partial charge in [0.05, 0.1) is 6.54 Å². The van der Waals surface area contributed by atoms with Crippen molar-refractivity contribution in [3.05, 3.63) is 60.2 Å². The van der Waals surface area contributed by atoms with Crippen LogP contribution < -0.4 is 10.1 Å². The van der Waals surface area contributed by atoms with Crippen molar-refractivity contribution in [3.8, 4) is 5.75 Å². The molecule has 0 fully saturated rings. The summed E-state index contributed by atoms with van der Waals surface area (Å²) in [6, 6.07) is 18.6. The van der Waals surface area contributed by atoms with Crippen molar-refractivity contribution in [3.63, 3.8) is 0 Å². The average molecular weight is 269 g/mol. The van der Waals surface area contributed by atoms with E-state index in [-0.39, 0.29) is 6.10 Å². The second kappa shape index (κ2) is 6.99. The molecule has 1 N–H and O–H groups in total. The Kier molecular flexibility index (Phi) is 5.05. The third-order valence-electron chi connectivity index (χ3n) is 3.25. The van der Waals surface area contributed by atoms with Crippen molar-refractivity contribution < 1.29 is 4.74 Å². The molecule has 0 heterocycles. The molecule has 0 bridgehead atoms. The van der Waals surface area contributed by atoms with E-state index in [9.17, 15) is 0 Å². The van der Waals surface area contributed by atoms with Gasteiger partial charge in [-0.05, 0) is 42.7 Å². The number of benzene rings is 2. The fraction of sp³-hybridized carbons (Fsp3) is 0.333. The van der Waals surface area contributed by atoms with E-state index in [1.165, 1.54) is 5.56 Å². The van der Waals surface area contributed by atoms with Gasteiger partial charge in [-0.1, -0.05) is 44.2 Å². The van der Waals surface area contributed by atoms with Gasteiger partial charge in [-0.3, -0.25) is 0 Å². The van der Waals surface area contributed by atoms with Crippen LogP contribution in [0.5, 0.6) is 5.75 Å². The predicted octanol–water partition coefficient (Wildman–Crippen LogP) is 4.69. The SMILES string of the molecule is CC(CNc1ccccc1)Oc1ccc(C(C)C)cc1. The number of ether oxygens (including phenoxy) is 1. The number of para-hydroxylation sites is 1. The molecule has 20 heavy (non-hydrogen) atoms. The van der Waals surface area contributed by atoms with Crippen molar-refractivity contribution in [1.82, 2.24) is 0 Å². The maximum Gasteiger partial charge on any atom is 0.119 e. The van der Waals surface area contributed by atoms with Crippen molar-refractivity contribution in [2.45, 2.75) is 32.8 Å². The normalized spacial score (nSPS) is 12.2. The first-order valence-corrected chi connectivity index (χ1v) is 7.20. The Hall–Kier alpha value is -1.96. The summed E-state index contributed by atoms with van der Waals surface area (Å²) in [7, 11) is 0. The van der Waals surface area contributed by atoms with Gasteiger partial charge in [0.2, 0.25) is 0 Å². The van der Waals surface area contributed by atoms with Crippen LogP contribution in [0.1, 0.15) is 32.3 Å². The molecule has 0 spiro atoms. The lowest BCUT2D eigenvalue weighted by molar-refractivity contribution is 0.234. The Labute approximate surface area is 121 Å². The van der Waals surface area contributed by atoms with E-state index in [0.717, 1.165) is 18.0 Å². The van der Waals surface area contributed by atoms with Crippen LogP contribution in [0.25, 0.3) is 0 Å². The Balaban J connectivity index is 1.83. The summed E-state index contributed by atoms with van der Waals surface area (Å²) >= 11 is 0. The van der Waals surface area contributed by atoms with E-state index in [1.807, 2.05) is 30.3 Å². The maximum atomic E-state index is 5.91. The number of rotatable bonds is 6. The van der Waals surface area contributed by atoms with Gasteiger partial charge in [-0.25, -0.2) is 0 Å². The van der Waals surface area contributed by atoms with Gasteiger partial charge in [0.25, 0.3) is 0 Å². The zero-order chi connectivity index (χ0) is 14.4. The highest BCUT2D eigenvalue weighted by Crippen LogP contribution is 2.19. The molecule has 2 heteroatoms. The number of hydrogen-bond donors (Lipinski definition) is 1. The van der Waals surface area contributed by atoms with Gasteiger partial charge in [0, 0.05) is 5.69 Å². The largest absolute Gasteiger partial charge is 0.489 e. The molecular formula is C18H23NO. The summed E-state index contributed by atoms with van der Waals surface area (Å²) in [6.07, 6.45) is 0.125. The van der Waals surface area contributed by atoms with E-state index < -0.39 is 0 Å². The molecule has 0 aliphatic carbocycles. The highest BCUT2D eigenvalue weighted by molar-refractivity contribution is 5.42. The zero-order valence-corrected chi connectivity index (χ0v) is 12.5. The lowest BCUT2D eigenvalue weighted by Crippen LogP contribution is -2.22. The molecule has 0 saturated heterocycles. The Morgan fingerprint density at radius 2 is 1.55 bits per heavy atom. The molecule has 0 aromatic heterocycles. The Morgan fingerprint density at radius 3 is 2.15 bits per heavy atom. The summed E-state index contributed by atoms with van der Waals surface area (Å²) in [6.45, 7) is 7.26. The minimum atomic E-state index is 0.125. The van der Waals surface area contributed by atoms with Crippen molar-refractivity contribution in [1.29, 1.82) is 0 Å². The van der Waals surface area contributed by atoms with Gasteiger partial charge in [-0.15, -0.1) is 0 Å². The lowest BCUT2D eigenvalue weighted by atomic mass is 10.0. The van der Waals surface area contributed by atoms with Crippen LogP contribution in [0.15, 0.2) is 54.6 Å². The third kappa shape index (κ3) is 4.30. The molecule has 0 aliphatic heterocycles. The summed E-state index contributed by atoms with van der Waals surface area (Å²) in [4.78, 5) is 0. The molecule has 106 valence electrons. The zero-order valence-electron chi connectivity index (χ0n) is 12.5. The number of anilines is 1. The molecule has 0 amide bonds. The summed E-state index contributed by atoms with van der Waals surface area (Å²) in [5, 5.41) is 3.37. The molecule has 2 aromatic carbocycles. The molecule has 0 radical (unpaired) electrons. The highest BCUT2D eigenvalue weighted by atomic mass is 16.5. The maximum absolute atomic E-state index is 5.91. The molecule has 2 nitrogen and oxygen atoms in total. The van der Waals surface area contributed by atoms with Crippen molar-refractivity contribution in [2.75, 3.05) is 11.9 Å². The number of hydrogen-bond acceptors (Lipinski definition) is 2. The smallest absolute Gasteiger partial charge is 0.119 e. The minimum Gasteiger partial charge on any atom is -0.489 e. The van der Waals surface area contributed by atoms with Gasteiger partial charge < -0.3 is 10.1 Å². The molecule has 1 atom stereocenters. The molecule has 2 aromatic rings. The van der Waals surface area contributed by atoms with E-state index in [1.54, 1.807) is 0 Å². The standard InChI is InChI=1S/C18H23NO/c1-14(2)16-9-11-18(12-10-16)20-15(3)13-19-17-7-5-4-6-8-17/h4-12,14-15,19H,13H2,1-3H3. The van der Waals surface area contributed by atoms with E-state index in [4.69, 9.17) is 4.74 Å². The topological polar surface area (TPSA) is 21.3 Å². The number of nitrogens with one attached hydrogen (secondary N) is 1.